The molecular formula is C23H19NO2. The molecule has 0 saturated heterocycles. The van der Waals surface area contributed by atoms with Gasteiger partial charge in [-0.2, -0.15) is 0 Å². The fraction of sp³-hybridized carbons (Fsp3) is 0.130. The fourth-order valence-corrected chi connectivity index (χ4v) is 3.43. The van der Waals surface area contributed by atoms with E-state index in [0.717, 1.165) is 27.5 Å². The first-order chi connectivity index (χ1) is 12.5. The summed E-state index contributed by atoms with van der Waals surface area (Å²) in [5, 5.41) is 2.14. The lowest BCUT2D eigenvalue weighted by Crippen LogP contribution is -1.97. The number of aryl methyl sites for hydroxylation is 1. The molecule has 3 heteroatoms. The largest absolute Gasteiger partial charge is 0.309 e. The average molecular weight is 341 g/mol. The minimum atomic E-state index is 0.0389. The number of rotatable bonds is 3. The SMILES string of the molecule is CC(=O)c1ccc2c3ccc(C(C)=O)cc3n(-c3ccc(C)cc3)c2c1. The Balaban J connectivity index is 2.15. The number of fused-ring (bicyclic) bond motifs is 3. The predicted molar refractivity (Wildman–Crippen MR) is 106 cm³/mol. The van der Waals surface area contributed by atoms with Crippen LogP contribution in [0.2, 0.25) is 0 Å². The van der Waals surface area contributed by atoms with Crippen molar-refractivity contribution in [1.29, 1.82) is 0 Å². The van der Waals surface area contributed by atoms with Gasteiger partial charge in [0.2, 0.25) is 0 Å². The van der Waals surface area contributed by atoms with Gasteiger partial charge in [0.25, 0.3) is 0 Å². The molecule has 0 bridgehead atoms. The Kier molecular flexibility index (Phi) is 3.73. The summed E-state index contributed by atoms with van der Waals surface area (Å²) in [6.45, 7) is 5.21. The first-order valence-corrected chi connectivity index (χ1v) is 8.63. The Morgan fingerprint density at radius 1 is 0.692 bits per heavy atom. The van der Waals surface area contributed by atoms with Gasteiger partial charge in [0.1, 0.15) is 0 Å². The predicted octanol–water partition coefficient (Wildman–Crippen LogP) is 5.50. The van der Waals surface area contributed by atoms with E-state index in [1.807, 2.05) is 36.4 Å². The normalized spacial score (nSPS) is 11.2. The molecule has 0 spiro atoms. The van der Waals surface area contributed by atoms with Crippen LogP contribution in [0.4, 0.5) is 0 Å². The monoisotopic (exact) mass is 341 g/mol. The number of nitrogens with zero attached hydrogens (tertiary/aromatic N) is 1. The van der Waals surface area contributed by atoms with E-state index in [9.17, 15) is 9.59 Å². The number of ketones is 2. The summed E-state index contributed by atoms with van der Waals surface area (Å²) in [4.78, 5) is 23.8. The molecule has 4 rings (SSSR count). The van der Waals surface area contributed by atoms with Crippen molar-refractivity contribution < 1.29 is 9.59 Å². The standard InChI is InChI=1S/C23H19NO2/c1-14-4-8-19(9-5-14)24-22-12-17(15(2)25)6-10-20(22)21-11-7-18(16(3)26)13-23(21)24/h4-13H,1-3H3. The van der Waals surface area contributed by atoms with Crippen LogP contribution in [0, 0.1) is 6.92 Å². The maximum Gasteiger partial charge on any atom is 0.159 e. The topological polar surface area (TPSA) is 39.1 Å². The molecule has 0 aliphatic carbocycles. The highest BCUT2D eigenvalue weighted by Gasteiger charge is 2.15. The Morgan fingerprint density at radius 2 is 1.15 bits per heavy atom. The maximum absolute atomic E-state index is 11.9. The number of Topliss-reactive ketones (excluding diaryl/α,β-unsaturated/α-hetero) is 2. The van der Waals surface area contributed by atoms with Gasteiger partial charge < -0.3 is 4.57 Å². The lowest BCUT2D eigenvalue weighted by molar-refractivity contribution is 0.100. The van der Waals surface area contributed by atoms with E-state index in [2.05, 4.69) is 35.8 Å². The third-order valence-electron chi connectivity index (χ3n) is 4.87. The Morgan fingerprint density at radius 3 is 1.58 bits per heavy atom. The van der Waals surface area contributed by atoms with Crippen molar-refractivity contribution in [3.8, 4) is 5.69 Å². The van der Waals surface area contributed by atoms with E-state index >= 15 is 0 Å². The van der Waals surface area contributed by atoms with Gasteiger partial charge in [0, 0.05) is 27.6 Å². The van der Waals surface area contributed by atoms with Gasteiger partial charge in [0.05, 0.1) is 11.0 Å². The van der Waals surface area contributed by atoms with E-state index in [4.69, 9.17) is 0 Å². The highest BCUT2D eigenvalue weighted by atomic mass is 16.1. The molecule has 0 N–H and O–H groups in total. The zero-order valence-corrected chi connectivity index (χ0v) is 15.0. The fourth-order valence-electron chi connectivity index (χ4n) is 3.43. The number of benzene rings is 3. The maximum atomic E-state index is 11.9. The molecule has 0 radical (unpaired) electrons. The second-order valence-corrected chi connectivity index (χ2v) is 6.75. The Hall–Kier alpha value is -3.20. The molecule has 4 aromatic rings. The highest BCUT2D eigenvalue weighted by Crippen LogP contribution is 2.33. The summed E-state index contributed by atoms with van der Waals surface area (Å²) in [5.74, 6) is 0.0778. The van der Waals surface area contributed by atoms with Gasteiger partial charge in [-0.1, -0.05) is 42.0 Å². The number of carbonyl (C=O) groups excluding carboxylic acids is 2. The summed E-state index contributed by atoms with van der Waals surface area (Å²) in [6.07, 6.45) is 0. The molecule has 0 saturated carbocycles. The first kappa shape index (κ1) is 16.3. The van der Waals surface area contributed by atoms with E-state index in [1.54, 1.807) is 13.8 Å². The Bertz CT molecular complexity index is 1110. The highest BCUT2D eigenvalue weighted by molar-refractivity contribution is 6.12. The van der Waals surface area contributed by atoms with Gasteiger partial charge in [-0.05, 0) is 45.0 Å². The molecule has 0 amide bonds. The molecule has 0 aliphatic heterocycles. The van der Waals surface area contributed by atoms with Gasteiger partial charge in [-0.3, -0.25) is 9.59 Å². The summed E-state index contributed by atoms with van der Waals surface area (Å²) in [5.41, 5.74) is 5.50. The Labute approximate surface area is 151 Å². The molecule has 0 aliphatic rings. The minimum absolute atomic E-state index is 0.0389. The van der Waals surface area contributed by atoms with Gasteiger partial charge >= 0.3 is 0 Å². The van der Waals surface area contributed by atoms with Crippen LogP contribution in [0.3, 0.4) is 0 Å². The lowest BCUT2D eigenvalue weighted by atomic mass is 10.1. The molecule has 1 aromatic heterocycles. The van der Waals surface area contributed by atoms with Gasteiger partial charge in [-0.25, -0.2) is 0 Å². The third kappa shape index (κ3) is 2.53. The third-order valence-corrected chi connectivity index (χ3v) is 4.87. The van der Waals surface area contributed by atoms with Crippen molar-refractivity contribution in [2.24, 2.45) is 0 Å². The number of hydrogen-bond donors (Lipinski definition) is 0. The molecule has 0 fully saturated rings. The second-order valence-electron chi connectivity index (χ2n) is 6.75. The number of hydrogen-bond acceptors (Lipinski definition) is 2. The summed E-state index contributed by atoms with van der Waals surface area (Å²) in [6, 6.07) is 19.8. The summed E-state index contributed by atoms with van der Waals surface area (Å²) < 4.78 is 2.13. The first-order valence-electron chi connectivity index (χ1n) is 8.63. The molecule has 0 unspecified atom stereocenters. The van der Waals surface area contributed by atoms with E-state index in [1.165, 1.54) is 5.56 Å². The van der Waals surface area contributed by atoms with E-state index < -0.39 is 0 Å². The van der Waals surface area contributed by atoms with Crippen LogP contribution >= 0.6 is 0 Å². The molecule has 3 aromatic carbocycles. The van der Waals surface area contributed by atoms with Crippen LogP contribution in [-0.2, 0) is 0 Å². The number of carbonyl (C=O) groups is 2. The molecule has 3 nitrogen and oxygen atoms in total. The van der Waals surface area contributed by atoms with Crippen LogP contribution in [0.1, 0.15) is 40.1 Å². The molecule has 128 valence electrons. The quantitative estimate of drug-likeness (QED) is 0.462. The average Bonchev–Trinajstić information content (AvgIpc) is 2.95. The molecular weight excluding hydrogens is 322 g/mol. The van der Waals surface area contributed by atoms with Crippen molar-refractivity contribution in [3.05, 3.63) is 77.4 Å². The molecule has 1 heterocycles. The lowest BCUT2D eigenvalue weighted by Gasteiger charge is -2.09. The minimum Gasteiger partial charge on any atom is -0.309 e. The second kappa shape index (κ2) is 5.95. The zero-order chi connectivity index (χ0) is 18.4. The van der Waals surface area contributed by atoms with Crippen molar-refractivity contribution in [3.63, 3.8) is 0 Å². The van der Waals surface area contributed by atoms with E-state index in [-0.39, 0.29) is 11.6 Å². The van der Waals surface area contributed by atoms with Crippen LogP contribution in [0.5, 0.6) is 0 Å². The van der Waals surface area contributed by atoms with E-state index in [0.29, 0.717) is 11.1 Å². The summed E-state index contributed by atoms with van der Waals surface area (Å²) in [7, 11) is 0. The van der Waals surface area contributed by atoms with Crippen LogP contribution < -0.4 is 0 Å². The van der Waals surface area contributed by atoms with Crippen LogP contribution in [0.25, 0.3) is 27.5 Å². The van der Waals surface area contributed by atoms with Crippen LogP contribution in [0.15, 0.2) is 60.7 Å². The van der Waals surface area contributed by atoms with Crippen LogP contribution in [-0.4, -0.2) is 16.1 Å². The zero-order valence-electron chi connectivity index (χ0n) is 15.0. The molecule has 0 atom stereocenters. The van der Waals surface area contributed by atoms with Crippen molar-refractivity contribution in [1.82, 2.24) is 4.57 Å². The van der Waals surface area contributed by atoms with Crippen molar-refractivity contribution >= 4 is 33.4 Å². The van der Waals surface area contributed by atoms with Crippen molar-refractivity contribution in [2.45, 2.75) is 20.8 Å². The van der Waals surface area contributed by atoms with Gasteiger partial charge in [0.15, 0.2) is 11.6 Å². The molecule has 26 heavy (non-hydrogen) atoms. The smallest absolute Gasteiger partial charge is 0.159 e. The number of aromatic nitrogens is 1. The van der Waals surface area contributed by atoms with Crippen molar-refractivity contribution in [2.75, 3.05) is 0 Å². The van der Waals surface area contributed by atoms with Gasteiger partial charge in [-0.15, -0.1) is 0 Å². The summed E-state index contributed by atoms with van der Waals surface area (Å²) >= 11 is 0.